The van der Waals surface area contributed by atoms with E-state index in [-0.39, 0.29) is 30.2 Å². The van der Waals surface area contributed by atoms with Gasteiger partial charge in [-0.05, 0) is 55.7 Å². The summed E-state index contributed by atoms with van der Waals surface area (Å²) in [5.41, 5.74) is 4.32. The highest BCUT2D eigenvalue weighted by molar-refractivity contribution is 5.83. The Kier molecular flexibility index (Phi) is 5.41. The maximum Gasteiger partial charge on any atom is 0.253 e. The normalized spacial score (nSPS) is 11.2. The van der Waals surface area contributed by atoms with Crippen molar-refractivity contribution in [2.24, 2.45) is 7.05 Å². The molecule has 160 valence electrons. The number of aromatic nitrogens is 5. The quantitative estimate of drug-likeness (QED) is 0.444. The summed E-state index contributed by atoms with van der Waals surface area (Å²) in [5.74, 6) is 0.110. The summed E-state index contributed by atoms with van der Waals surface area (Å²) >= 11 is 0. The monoisotopic (exact) mass is 422 g/mol. The van der Waals surface area contributed by atoms with Gasteiger partial charge in [0.05, 0.1) is 24.1 Å². The average Bonchev–Trinajstić information content (AvgIpc) is 3.31. The number of pyridine rings is 1. The first-order chi connectivity index (χ1) is 14.8. The molecular weight excluding hydrogens is 399 g/mol. The summed E-state index contributed by atoms with van der Waals surface area (Å²) in [4.78, 5) is 35.1. The predicted octanol–water partition coefficient (Wildman–Crippen LogP) is 2.66. The Balaban J connectivity index is 1.39. The number of benzene rings is 1. The number of hydrogen-bond donors (Lipinski definition) is 3. The van der Waals surface area contributed by atoms with Gasteiger partial charge >= 0.3 is 0 Å². The smallest absolute Gasteiger partial charge is 0.253 e. The fraction of sp³-hybridized carbons (Fsp3) is 0.273. The average molecular weight is 422 g/mol. The van der Waals surface area contributed by atoms with Gasteiger partial charge < -0.3 is 15.3 Å². The van der Waals surface area contributed by atoms with E-state index in [0.29, 0.717) is 23.5 Å². The SMILES string of the molecule is Cc1nn(C)c2[nH]c(=O)c(CCC(=O)NCc3ncc(-c4ccc(F)cc4)[nH]3)c(C)c12. The summed E-state index contributed by atoms with van der Waals surface area (Å²) in [7, 11) is 1.79. The molecule has 1 aromatic carbocycles. The van der Waals surface area contributed by atoms with Crippen molar-refractivity contribution in [1.82, 2.24) is 30.0 Å². The van der Waals surface area contributed by atoms with Crippen LogP contribution in [0.3, 0.4) is 0 Å². The molecule has 8 nitrogen and oxygen atoms in total. The van der Waals surface area contributed by atoms with Crippen molar-refractivity contribution in [2.75, 3.05) is 0 Å². The number of aryl methyl sites for hydroxylation is 3. The van der Waals surface area contributed by atoms with E-state index in [1.807, 2.05) is 13.8 Å². The number of H-pyrrole nitrogens is 2. The molecular formula is C22H23FN6O2. The highest BCUT2D eigenvalue weighted by Crippen LogP contribution is 2.21. The Morgan fingerprint density at radius 2 is 1.94 bits per heavy atom. The first-order valence-electron chi connectivity index (χ1n) is 9.95. The van der Waals surface area contributed by atoms with E-state index < -0.39 is 0 Å². The van der Waals surface area contributed by atoms with Crippen LogP contribution < -0.4 is 10.9 Å². The minimum Gasteiger partial charge on any atom is -0.349 e. The third kappa shape index (κ3) is 4.11. The predicted molar refractivity (Wildman–Crippen MR) is 115 cm³/mol. The number of nitrogens with one attached hydrogen (secondary N) is 3. The van der Waals surface area contributed by atoms with Crippen molar-refractivity contribution in [3.05, 3.63) is 69.3 Å². The van der Waals surface area contributed by atoms with Gasteiger partial charge in [0, 0.05) is 24.4 Å². The van der Waals surface area contributed by atoms with Gasteiger partial charge in [0.2, 0.25) is 5.91 Å². The summed E-state index contributed by atoms with van der Waals surface area (Å²) in [6, 6.07) is 6.08. The fourth-order valence-electron chi connectivity index (χ4n) is 3.79. The molecule has 3 heterocycles. The lowest BCUT2D eigenvalue weighted by molar-refractivity contribution is -0.121. The van der Waals surface area contributed by atoms with E-state index in [2.05, 4.69) is 25.4 Å². The van der Waals surface area contributed by atoms with Crippen LogP contribution in [-0.2, 0) is 24.8 Å². The largest absolute Gasteiger partial charge is 0.349 e. The van der Waals surface area contributed by atoms with E-state index in [0.717, 1.165) is 27.9 Å². The van der Waals surface area contributed by atoms with Crippen LogP contribution in [0.2, 0.25) is 0 Å². The van der Waals surface area contributed by atoms with Crippen LogP contribution in [0.1, 0.15) is 29.1 Å². The fourth-order valence-corrected chi connectivity index (χ4v) is 3.79. The number of carbonyl (C=O) groups excluding carboxylic acids is 1. The summed E-state index contributed by atoms with van der Waals surface area (Å²) in [6.45, 7) is 4.02. The molecule has 31 heavy (non-hydrogen) atoms. The van der Waals surface area contributed by atoms with Crippen LogP contribution in [-0.4, -0.2) is 30.6 Å². The van der Waals surface area contributed by atoms with Crippen molar-refractivity contribution in [3.8, 4) is 11.3 Å². The molecule has 3 aromatic heterocycles. The summed E-state index contributed by atoms with van der Waals surface area (Å²) in [6.07, 6.45) is 2.15. The summed E-state index contributed by atoms with van der Waals surface area (Å²) in [5, 5.41) is 8.09. The van der Waals surface area contributed by atoms with E-state index in [1.165, 1.54) is 12.1 Å². The highest BCUT2D eigenvalue weighted by atomic mass is 19.1. The molecule has 4 aromatic rings. The first kappa shape index (κ1) is 20.5. The van der Waals surface area contributed by atoms with Crippen molar-refractivity contribution in [2.45, 2.75) is 33.2 Å². The minimum atomic E-state index is -0.303. The Hall–Kier alpha value is -3.75. The molecule has 0 atom stereocenters. The van der Waals surface area contributed by atoms with Crippen LogP contribution in [0.5, 0.6) is 0 Å². The second-order valence-electron chi connectivity index (χ2n) is 7.52. The Labute approximate surface area is 177 Å². The molecule has 9 heteroatoms. The third-order valence-corrected chi connectivity index (χ3v) is 5.39. The number of hydrogen-bond acceptors (Lipinski definition) is 4. The zero-order valence-electron chi connectivity index (χ0n) is 17.5. The van der Waals surface area contributed by atoms with Gasteiger partial charge in [-0.2, -0.15) is 5.10 Å². The molecule has 0 fully saturated rings. The van der Waals surface area contributed by atoms with Crippen molar-refractivity contribution in [1.29, 1.82) is 0 Å². The number of nitrogens with zero attached hydrogens (tertiary/aromatic N) is 3. The van der Waals surface area contributed by atoms with Gasteiger partial charge in [-0.15, -0.1) is 0 Å². The number of amides is 1. The lowest BCUT2D eigenvalue weighted by atomic mass is 10.0. The number of carbonyl (C=O) groups is 1. The topological polar surface area (TPSA) is 108 Å². The molecule has 0 aliphatic carbocycles. The van der Waals surface area contributed by atoms with Crippen LogP contribution in [0.15, 0.2) is 35.3 Å². The van der Waals surface area contributed by atoms with Crippen LogP contribution in [0, 0.1) is 19.7 Å². The molecule has 0 aliphatic heterocycles. The van der Waals surface area contributed by atoms with Crippen LogP contribution >= 0.6 is 0 Å². The molecule has 0 saturated carbocycles. The van der Waals surface area contributed by atoms with E-state index in [9.17, 15) is 14.0 Å². The Bertz CT molecular complexity index is 1320. The molecule has 0 bridgehead atoms. The number of rotatable bonds is 6. The van der Waals surface area contributed by atoms with Gasteiger partial charge in [0.1, 0.15) is 17.3 Å². The first-order valence-corrected chi connectivity index (χ1v) is 9.95. The third-order valence-electron chi connectivity index (χ3n) is 5.39. The molecule has 0 spiro atoms. The second-order valence-corrected chi connectivity index (χ2v) is 7.52. The number of fused-ring (bicyclic) bond motifs is 1. The zero-order valence-corrected chi connectivity index (χ0v) is 17.5. The van der Waals surface area contributed by atoms with Crippen molar-refractivity contribution >= 4 is 16.9 Å². The van der Waals surface area contributed by atoms with E-state index in [1.54, 1.807) is 30.1 Å². The van der Waals surface area contributed by atoms with Crippen LogP contribution in [0.25, 0.3) is 22.3 Å². The minimum absolute atomic E-state index is 0.179. The Morgan fingerprint density at radius 3 is 2.68 bits per heavy atom. The lowest BCUT2D eigenvalue weighted by Gasteiger charge is -2.07. The van der Waals surface area contributed by atoms with Crippen molar-refractivity contribution in [3.63, 3.8) is 0 Å². The van der Waals surface area contributed by atoms with Crippen molar-refractivity contribution < 1.29 is 9.18 Å². The van der Waals surface area contributed by atoms with Gasteiger partial charge in [0.25, 0.3) is 5.56 Å². The molecule has 0 radical (unpaired) electrons. The highest BCUT2D eigenvalue weighted by Gasteiger charge is 2.16. The molecule has 3 N–H and O–H groups in total. The molecule has 4 rings (SSSR count). The summed E-state index contributed by atoms with van der Waals surface area (Å²) < 4.78 is 14.7. The van der Waals surface area contributed by atoms with Gasteiger partial charge in [-0.25, -0.2) is 9.37 Å². The second kappa shape index (κ2) is 8.17. The number of imidazole rings is 1. The van der Waals surface area contributed by atoms with Crippen LogP contribution in [0.4, 0.5) is 4.39 Å². The Morgan fingerprint density at radius 1 is 1.19 bits per heavy atom. The van der Waals surface area contributed by atoms with Gasteiger partial charge in [-0.3, -0.25) is 14.3 Å². The lowest BCUT2D eigenvalue weighted by Crippen LogP contribution is -2.25. The maximum absolute atomic E-state index is 13.1. The van der Waals surface area contributed by atoms with E-state index >= 15 is 0 Å². The molecule has 1 amide bonds. The number of halogens is 1. The van der Waals surface area contributed by atoms with Gasteiger partial charge in [-0.1, -0.05) is 0 Å². The van der Waals surface area contributed by atoms with E-state index in [4.69, 9.17) is 0 Å². The zero-order chi connectivity index (χ0) is 22.1. The standard InChI is InChI=1S/C22H23FN6O2/c1-12-16(22(31)27-21-20(12)13(2)28-29(21)3)8-9-19(30)25-11-18-24-10-17(26-18)14-4-6-15(23)7-5-14/h4-7,10H,8-9,11H2,1-3H3,(H,24,26)(H,25,30)(H,27,31). The number of aromatic amines is 2. The van der Waals surface area contributed by atoms with Gasteiger partial charge in [0.15, 0.2) is 0 Å². The molecule has 0 aliphatic rings. The maximum atomic E-state index is 13.1. The molecule has 0 saturated heterocycles. The molecule has 0 unspecified atom stereocenters.